The third-order valence-corrected chi connectivity index (χ3v) is 4.16. The molecule has 0 saturated carbocycles. The Kier molecular flexibility index (Phi) is 4.74. The number of hydrogen-bond donors (Lipinski definition) is 2. The number of nitrogens with one attached hydrogen (secondary N) is 1. The van der Waals surface area contributed by atoms with Crippen LogP contribution in [0.1, 0.15) is 35.6 Å². The standard InChI is InChI=1S/C19H22FN3O2/c1-13-7-8-17(25-13)19(2,24)12-21-18(15-10-22-23(3)11-15)14-5-4-6-16(20)9-14/h4-11,18,21,24H,12H2,1-3H3/t18-,19-/m0/s1. The molecule has 5 nitrogen and oxygen atoms in total. The molecule has 132 valence electrons. The molecule has 25 heavy (non-hydrogen) atoms. The molecule has 3 aromatic rings. The van der Waals surface area contributed by atoms with Gasteiger partial charge in [0, 0.05) is 25.4 Å². The van der Waals surface area contributed by atoms with E-state index in [1.165, 1.54) is 12.1 Å². The number of benzene rings is 1. The fourth-order valence-electron chi connectivity index (χ4n) is 2.82. The molecule has 0 fully saturated rings. The molecule has 0 amide bonds. The second-order valence-corrected chi connectivity index (χ2v) is 6.50. The van der Waals surface area contributed by atoms with Gasteiger partial charge in [-0.2, -0.15) is 5.10 Å². The highest BCUT2D eigenvalue weighted by Gasteiger charge is 2.28. The molecule has 2 N–H and O–H groups in total. The molecule has 0 aliphatic rings. The van der Waals surface area contributed by atoms with Crippen LogP contribution in [0, 0.1) is 12.7 Å². The fourth-order valence-corrected chi connectivity index (χ4v) is 2.82. The van der Waals surface area contributed by atoms with Gasteiger partial charge in [0.25, 0.3) is 0 Å². The number of nitrogens with zero attached hydrogens (tertiary/aromatic N) is 2. The first kappa shape index (κ1) is 17.4. The van der Waals surface area contributed by atoms with Gasteiger partial charge in [0.15, 0.2) is 0 Å². The second kappa shape index (κ2) is 6.82. The van der Waals surface area contributed by atoms with Crippen LogP contribution in [0.15, 0.2) is 53.2 Å². The zero-order valence-electron chi connectivity index (χ0n) is 14.5. The molecule has 2 aromatic heterocycles. The molecule has 0 saturated heterocycles. The van der Waals surface area contributed by atoms with Crippen molar-refractivity contribution in [2.75, 3.05) is 6.54 Å². The van der Waals surface area contributed by atoms with Crippen LogP contribution in [-0.4, -0.2) is 21.4 Å². The van der Waals surface area contributed by atoms with Crippen LogP contribution in [0.5, 0.6) is 0 Å². The van der Waals surface area contributed by atoms with E-state index in [0.29, 0.717) is 5.76 Å². The van der Waals surface area contributed by atoms with E-state index < -0.39 is 5.60 Å². The lowest BCUT2D eigenvalue weighted by Crippen LogP contribution is -2.37. The normalized spacial score (nSPS) is 15.1. The van der Waals surface area contributed by atoms with Gasteiger partial charge in [0.2, 0.25) is 0 Å². The summed E-state index contributed by atoms with van der Waals surface area (Å²) in [4.78, 5) is 0. The first-order chi connectivity index (χ1) is 11.8. The molecular formula is C19H22FN3O2. The van der Waals surface area contributed by atoms with E-state index in [2.05, 4.69) is 10.4 Å². The summed E-state index contributed by atoms with van der Waals surface area (Å²) in [6, 6.07) is 9.69. The summed E-state index contributed by atoms with van der Waals surface area (Å²) in [5.74, 6) is 0.924. The van der Waals surface area contributed by atoms with E-state index in [0.717, 1.165) is 16.9 Å². The lowest BCUT2D eigenvalue weighted by molar-refractivity contribution is 0.0318. The third kappa shape index (κ3) is 3.97. The van der Waals surface area contributed by atoms with Crippen LogP contribution < -0.4 is 5.32 Å². The predicted octanol–water partition coefficient (Wildman–Crippen LogP) is 3.05. The Morgan fingerprint density at radius 3 is 2.72 bits per heavy atom. The topological polar surface area (TPSA) is 63.2 Å². The number of aromatic nitrogens is 2. The summed E-state index contributed by atoms with van der Waals surface area (Å²) in [7, 11) is 1.83. The Morgan fingerprint density at radius 2 is 2.12 bits per heavy atom. The number of aryl methyl sites for hydroxylation is 2. The van der Waals surface area contributed by atoms with Gasteiger partial charge in [-0.15, -0.1) is 0 Å². The fraction of sp³-hybridized carbons (Fsp3) is 0.316. The molecule has 3 rings (SSSR count). The monoisotopic (exact) mass is 343 g/mol. The SMILES string of the molecule is Cc1ccc([C@@](C)(O)CN[C@@H](c2cccc(F)c2)c2cnn(C)c2)o1. The number of rotatable bonds is 6. The molecular weight excluding hydrogens is 321 g/mol. The number of halogens is 1. The molecule has 6 heteroatoms. The minimum absolute atomic E-state index is 0.232. The van der Waals surface area contributed by atoms with Crippen LogP contribution in [0.3, 0.4) is 0 Å². The Bertz CT molecular complexity index is 854. The summed E-state index contributed by atoms with van der Waals surface area (Å²) >= 11 is 0. The van der Waals surface area contributed by atoms with Crippen LogP contribution in [-0.2, 0) is 12.6 Å². The van der Waals surface area contributed by atoms with Gasteiger partial charge in [-0.1, -0.05) is 12.1 Å². The van der Waals surface area contributed by atoms with Crippen molar-refractivity contribution >= 4 is 0 Å². The maximum atomic E-state index is 13.7. The summed E-state index contributed by atoms with van der Waals surface area (Å²) in [6.07, 6.45) is 3.60. The maximum Gasteiger partial charge on any atom is 0.136 e. The van der Waals surface area contributed by atoms with Crippen molar-refractivity contribution < 1.29 is 13.9 Å². The number of furan rings is 1. The van der Waals surface area contributed by atoms with Gasteiger partial charge < -0.3 is 14.8 Å². The summed E-state index contributed by atoms with van der Waals surface area (Å²) in [5.41, 5.74) is 0.459. The van der Waals surface area contributed by atoms with Crippen molar-refractivity contribution in [2.24, 2.45) is 7.05 Å². The van der Waals surface area contributed by atoms with E-state index >= 15 is 0 Å². The Hall–Kier alpha value is -2.44. The van der Waals surface area contributed by atoms with Gasteiger partial charge in [-0.25, -0.2) is 4.39 Å². The second-order valence-electron chi connectivity index (χ2n) is 6.50. The van der Waals surface area contributed by atoms with E-state index in [-0.39, 0.29) is 18.4 Å². The summed E-state index contributed by atoms with van der Waals surface area (Å²) in [6.45, 7) is 3.75. The van der Waals surface area contributed by atoms with Gasteiger partial charge in [0.1, 0.15) is 22.9 Å². The third-order valence-electron chi connectivity index (χ3n) is 4.16. The highest BCUT2D eigenvalue weighted by atomic mass is 19.1. The summed E-state index contributed by atoms with van der Waals surface area (Å²) < 4.78 is 20.9. The molecule has 0 radical (unpaired) electrons. The van der Waals surface area contributed by atoms with E-state index in [1.807, 2.05) is 32.3 Å². The lowest BCUT2D eigenvalue weighted by atomic mass is 9.98. The van der Waals surface area contributed by atoms with Gasteiger partial charge >= 0.3 is 0 Å². The van der Waals surface area contributed by atoms with Crippen LogP contribution in [0.2, 0.25) is 0 Å². The van der Waals surface area contributed by atoms with Crippen molar-refractivity contribution in [3.63, 3.8) is 0 Å². The van der Waals surface area contributed by atoms with Crippen molar-refractivity contribution in [3.05, 3.63) is 77.3 Å². The smallest absolute Gasteiger partial charge is 0.136 e. The van der Waals surface area contributed by atoms with Crippen LogP contribution >= 0.6 is 0 Å². The Balaban J connectivity index is 1.85. The average molecular weight is 343 g/mol. The molecule has 0 spiro atoms. The maximum absolute atomic E-state index is 13.7. The zero-order chi connectivity index (χ0) is 18.0. The molecule has 0 bridgehead atoms. The molecule has 0 aliphatic heterocycles. The number of aliphatic hydroxyl groups is 1. The minimum atomic E-state index is -1.19. The van der Waals surface area contributed by atoms with Crippen molar-refractivity contribution in [2.45, 2.75) is 25.5 Å². The quantitative estimate of drug-likeness (QED) is 0.722. The van der Waals surface area contributed by atoms with E-state index in [4.69, 9.17) is 4.42 Å². The van der Waals surface area contributed by atoms with Crippen molar-refractivity contribution in [1.82, 2.24) is 15.1 Å². The van der Waals surface area contributed by atoms with Gasteiger partial charge in [-0.3, -0.25) is 4.68 Å². The first-order valence-corrected chi connectivity index (χ1v) is 8.12. The Morgan fingerprint density at radius 1 is 1.32 bits per heavy atom. The lowest BCUT2D eigenvalue weighted by Gasteiger charge is -2.26. The van der Waals surface area contributed by atoms with Crippen LogP contribution in [0.4, 0.5) is 4.39 Å². The number of hydrogen-bond acceptors (Lipinski definition) is 4. The largest absolute Gasteiger partial charge is 0.463 e. The zero-order valence-corrected chi connectivity index (χ0v) is 14.5. The Labute approximate surface area is 146 Å². The molecule has 2 atom stereocenters. The average Bonchev–Trinajstić information content (AvgIpc) is 3.17. The van der Waals surface area contributed by atoms with E-state index in [9.17, 15) is 9.50 Å². The van der Waals surface area contributed by atoms with E-state index in [1.54, 1.807) is 29.9 Å². The highest BCUT2D eigenvalue weighted by Crippen LogP contribution is 2.26. The van der Waals surface area contributed by atoms with Crippen LogP contribution in [0.25, 0.3) is 0 Å². The molecule has 1 aromatic carbocycles. The predicted molar refractivity (Wildman–Crippen MR) is 92.5 cm³/mol. The molecule has 0 aliphatic carbocycles. The van der Waals surface area contributed by atoms with Gasteiger partial charge in [0.05, 0.1) is 12.2 Å². The summed E-state index contributed by atoms with van der Waals surface area (Å²) in [5, 5.41) is 18.3. The van der Waals surface area contributed by atoms with Gasteiger partial charge in [-0.05, 0) is 43.7 Å². The highest BCUT2D eigenvalue weighted by molar-refractivity contribution is 5.30. The van der Waals surface area contributed by atoms with Crippen molar-refractivity contribution in [3.8, 4) is 0 Å². The minimum Gasteiger partial charge on any atom is -0.463 e. The van der Waals surface area contributed by atoms with Crippen molar-refractivity contribution in [1.29, 1.82) is 0 Å². The molecule has 2 heterocycles. The first-order valence-electron chi connectivity index (χ1n) is 8.12. The molecule has 0 unspecified atom stereocenters.